The number of guanidine groups is 1. The van der Waals surface area contributed by atoms with E-state index in [0.717, 1.165) is 0 Å². The third-order valence-corrected chi connectivity index (χ3v) is 2.77. The number of hydrazine groups is 1. The second-order valence-corrected chi connectivity index (χ2v) is 4.01. The van der Waals surface area contributed by atoms with E-state index >= 15 is 0 Å². The summed E-state index contributed by atoms with van der Waals surface area (Å²) in [4.78, 5) is 29.7. The fourth-order valence-electron chi connectivity index (χ4n) is 1.69. The first-order chi connectivity index (χ1) is 7.48. The predicted molar refractivity (Wildman–Crippen MR) is 59.2 cm³/mol. The molecule has 16 heavy (non-hydrogen) atoms. The topological polar surface area (TPSA) is 91.0 Å². The Morgan fingerprint density at radius 1 is 1.56 bits per heavy atom. The van der Waals surface area contributed by atoms with Gasteiger partial charge >= 0.3 is 0 Å². The molecule has 7 heteroatoms. The number of rotatable bonds is 1. The van der Waals surface area contributed by atoms with Crippen molar-refractivity contribution in [3.05, 3.63) is 0 Å². The molecule has 90 valence electrons. The number of nitrogens with zero attached hydrogens (tertiary/aromatic N) is 3. The van der Waals surface area contributed by atoms with Gasteiger partial charge in [-0.25, -0.2) is 5.84 Å². The van der Waals surface area contributed by atoms with E-state index < -0.39 is 5.54 Å². The Morgan fingerprint density at radius 2 is 2.19 bits per heavy atom. The molecule has 1 aliphatic rings. The third-order valence-electron chi connectivity index (χ3n) is 2.77. The molecule has 7 nitrogen and oxygen atoms in total. The van der Waals surface area contributed by atoms with Gasteiger partial charge in [-0.2, -0.15) is 0 Å². The molecule has 0 atom stereocenters. The van der Waals surface area contributed by atoms with E-state index in [1.54, 1.807) is 20.9 Å². The summed E-state index contributed by atoms with van der Waals surface area (Å²) in [6.07, 6.45) is 0.688. The zero-order valence-electron chi connectivity index (χ0n) is 9.73. The zero-order chi connectivity index (χ0) is 12.3. The van der Waals surface area contributed by atoms with Crippen LogP contribution >= 0.6 is 0 Å². The molecule has 0 aromatic rings. The maximum Gasteiger partial charge on any atom is 0.254 e. The van der Waals surface area contributed by atoms with Crippen LogP contribution < -0.4 is 11.3 Å². The summed E-state index contributed by atoms with van der Waals surface area (Å²) in [5, 5.41) is 0. The van der Waals surface area contributed by atoms with Crippen molar-refractivity contribution < 1.29 is 9.59 Å². The lowest BCUT2D eigenvalue weighted by Gasteiger charge is -2.43. The van der Waals surface area contributed by atoms with Crippen molar-refractivity contribution in [3.8, 4) is 0 Å². The molecular weight excluding hydrogens is 210 g/mol. The standard InChI is InChI=1S/C9H17N5O2/c1-9(2)7(16)14(8(11-3)12-10)5-4-13(9)6-15/h6H,4-5,10H2,1-3H3,(H,11,12). The number of hydrogen-bond acceptors (Lipinski definition) is 4. The van der Waals surface area contributed by atoms with E-state index in [4.69, 9.17) is 5.84 Å². The lowest BCUT2D eigenvalue weighted by atomic mass is 9.98. The maximum atomic E-state index is 12.1. The van der Waals surface area contributed by atoms with Crippen molar-refractivity contribution in [1.29, 1.82) is 0 Å². The lowest BCUT2D eigenvalue weighted by molar-refractivity contribution is -0.149. The molecule has 0 aliphatic carbocycles. The van der Waals surface area contributed by atoms with Gasteiger partial charge in [0.25, 0.3) is 5.91 Å². The summed E-state index contributed by atoms with van der Waals surface area (Å²) in [7, 11) is 1.54. The Hall–Kier alpha value is -1.63. The number of nitrogens with one attached hydrogen (secondary N) is 1. The van der Waals surface area contributed by atoms with Crippen LogP contribution in [0.2, 0.25) is 0 Å². The van der Waals surface area contributed by atoms with Crippen LogP contribution in [0.25, 0.3) is 0 Å². The number of nitrogens with two attached hydrogens (primary N) is 1. The minimum atomic E-state index is -0.868. The van der Waals surface area contributed by atoms with Crippen LogP contribution in [0.5, 0.6) is 0 Å². The second kappa shape index (κ2) is 4.48. The zero-order valence-corrected chi connectivity index (χ0v) is 9.73. The Morgan fingerprint density at radius 3 is 2.62 bits per heavy atom. The van der Waals surface area contributed by atoms with Gasteiger partial charge in [0.1, 0.15) is 5.54 Å². The summed E-state index contributed by atoms with van der Waals surface area (Å²) >= 11 is 0. The number of carbonyl (C=O) groups excluding carboxylic acids is 2. The van der Waals surface area contributed by atoms with Crippen LogP contribution in [-0.4, -0.2) is 53.8 Å². The van der Waals surface area contributed by atoms with Crippen LogP contribution in [0.1, 0.15) is 13.8 Å². The second-order valence-electron chi connectivity index (χ2n) is 4.01. The molecule has 3 N–H and O–H groups in total. The van der Waals surface area contributed by atoms with Gasteiger partial charge in [-0.15, -0.1) is 0 Å². The first kappa shape index (κ1) is 12.4. The fraction of sp³-hybridized carbons (Fsp3) is 0.667. The number of hydrogen-bond donors (Lipinski definition) is 2. The first-order valence-electron chi connectivity index (χ1n) is 4.96. The van der Waals surface area contributed by atoms with Gasteiger partial charge in [0.05, 0.1) is 0 Å². The van der Waals surface area contributed by atoms with Crippen LogP contribution in [0.3, 0.4) is 0 Å². The Bertz CT molecular complexity index is 326. The van der Waals surface area contributed by atoms with Crippen molar-refractivity contribution in [3.63, 3.8) is 0 Å². The van der Waals surface area contributed by atoms with E-state index in [1.807, 2.05) is 0 Å². The van der Waals surface area contributed by atoms with Crippen LogP contribution in [-0.2, 0) is 9.59 Å². The van der Waals surface area contributed by atoms with Crippen molar-refractivity contribution in [1.82, 2.24) is 15.2 Å². The highest BCUT2D eigenvalue weighted by atomic mass is 16.2. The molecule has 0 saturated carbocycles. The van der Waals surface area contributed by atoms with Crippen molar-refractivity contribution in [2.45, 2.75) is 19.4 Å². The molecule has 0 unspecified atom stereocenters. The number of amides is 2. The van der Waals surface area contributed by atoms with E-state index in [2.05, 4.69) is 10.4 Å². The molecule has 1 heterocycles. The van der Waals surface area contributed by atoms with Gasteiger partial charge in [0.15, 0.2) is 0 Å². The third kappa shape index (κ3) is 1.85. The molecule has 1 aliphatic heterocycles. The molecular formula is C9H17N5O2. The largest absolute Gasteiger partial charge is 0.329 e. The average Bonchev–Trinajstić information content (AvgIpc) is 2.26. The Balaban J connectivity index is 2.97. The number of piperazine rings is 1. The van der Waals surface area contributed by atoms with Crippen LogP contribution in [0.15, 0.2) is 4.99 Å². The lowest BCUT2D eigenvalue weighted by Crippen LogP contribution is -2.65. The average molecular weight is 227 g/mol. The van der Waals surface area contributed by atoms with Crippen LogP contribution in [0, 0.1) is 0 Å². The monoisotopic (exact) mass is 227 g/mol. The molecule has 0 radical (unpaired) electrons. The van der Waals surface area contributed by atoms with E-state index in [0.29, 0.717) is 25.5 Å². The summed E-state index contributed by atoms with van der Waals surface area (Å²) in [5.74, 6) is 5.38. The Kier molecular flexibility index (Phi) is 3.48. The summed E-state index contributed by atoms with van der Waals surface area (Å²) in [6.45, 7) is 4.24. The van der Waals surface area contributed by atoms with Gasteiger partial charge in [0, 0.05) is 20.1 Å². The highest BCUT2D eigenvalue weighted by Gasteiger charge is 2.42. The molecule has 1 rings (SSSR count). The van der Waals surface area contributed by atoms with Gasteiger partial charge in [-0.3, -0.25) is 24.9 Å². The summed E-state index contributed by atoms with van der Waals surface area (Å²) in [6, 6.07) is 0. The highest BCUT2D eigenvalue weighted by Crippen LogP contribution is 2.20. The van der Waals surface area contributed by atoms with Gasteiger partial charge < -0.3 is 4.90 Å². The minimum absolute atomic E-state index is 0.204. The number of aliphatic imine (C=N–C) groups is 1. The highest BCUT2D eigenvalue weighted by molar-refractivity contribution is 6.02. The smallest absolute Gasteiger partial charge is 0.254 e. The SMILES string of the molecule is CN=C(NN)N1CCN(C=O)C(C)(C)C1=O. The van der Waals surface area contributed by atoms with Gasteiger partial charge in [-0.05, 0) is 13.8 Å². The first-order valence-corrected chi connectivity index (χ1v) is 4.96. The van der Waals surface area contributed by atoms with Crippen molar-refractivity contribution in [2.75, 3.05) is 20.1 Å². The summed E-state index contributed by atoms with van der Waals surface area (Å²) < 4.78 is 0. The number of carbonyl (C=O) groups is 2. The molecule has 1 saturated heterocycles. The Labute approximate surface area is 94.3 Å². The van der Waals surface area contributed by atoms with E-state index in [1.165, 1.54) is 9.80 Å². The van der Waals surface area contributed by atoms with Gasteiger partial charge in [0.2, 0.25) is 12.4 Å². The van der Waals surface area contributed by atoms with Gasteiger partial charge in [-0.1, -0.05) is 0 Å². The molecule has 0 aromatic carbocycles. The van der Waals surface area contributed by atoms with Crippen LogP contribution in [0.4, 0.5) is 0 Å². The molecule has 0 aromatic heterocycles. The molecule has 2 amide bonds. The van der Waals surface area contributed by atoms with E-state index in [-0.39, 0.29) is 5.91 Å². The van der Waals surface area contributed by atoms with E-state index in [9.17, 15) is 9.59 Å². The molecule has 0 bridgehead atoms. The quantitative estimate of drug-likeness (QED) is 0.188. The predicted octanol–water partition coefficient (Wildman–Crippen LogP) is -1.49. The normalized spacial score (nSPS) is 21.0. The maximum absolute atomic E-state index is 12.1. The summed E-state index contributed by atoms with van der Waals surface area (Å²) in [5.41, 5.74) is 1.50. The van der Waals surface area contributed by atoms with Crippen molar-refractivity contribution in [2.24, 2.45) is 10.8 Å². The fourth-order valence-corrected chi connectivity index (χ4v) is 1.69. The molecule has 0 spiro atoms. The van der Waals surface area contributed by atoms with Crippen molar-refractivity contribution >= 4 is 18.3 Å². The minimum Gasteiger partial charge on any atom is -0.329 e. The molecule has 1 fully saturated rings.